The second-order valence-electron chi connectivity index (χ2n) is 4.64. The summed E-state index contributed by atoms with van der Waals surface area (Å²) in [6.07, 6.45) is 3.69. The van der Waals surface area contributed by atoms with Gasteiger partial charge in [-0.2, -0.15) is 0 Å². The summed E-state index contributed by atoms with van der Waals surface area (Å²) in [5.74, 6) is -0.295. The molecule has 1 fully saturated rings. The molecule has 17 heavy (non-hydrogen) atoms. The number of methoxy groups -OCH3 is 1. The minimum absolute atomic E-state index is 0.0115. The van der Waals surface area contributed by atoms with Crippen molar-refractivity contribution in [1.29, 1.82) is 0 Å². The number of likely N-dealkylation sites (tertiary alicyclic amines) is 1. The van der Waals surface area contributed by atoms with E-state index in [1.54, 1.807) is 4.90 Å². The lowest BCUT2D eigenvalue weighted by molar-refractivity contribution is -0.154. The van der Waals surface area contributed by atoms with Crippen molar-refractivity contribution in [1.82, 2.24) is 4.90 Å². The fraction of sp³-hybridized carbons (Fsp3) is 0.833. The Morgan fingerprint density at radius 3 is 2.76 bits per heavy atom. The Bertz CT molecular complexity index is 279. The van der Waals surface area contributed by atoms with Crippen molar-refractivity contribution >= 4 is 11.9 Å². The molecule has 1 saturated heterocycles. The Kier molecular flexibility index (Phi) is 5.41. The van der Waals surface area contributed by atoms with Crippen LogP contribution in [0.2, 0.25) is 0 Å². The second-order valence-corrected chi connectivity index (χ2v) is 4.64. The second kappa shape index (κ2) is 6.59. The molecule has 1 amide bonds. The number of piperidine rings is 1. The number of nitrogens with two attached hydrogens (primary N) is 1. The van der Waals surface area contributed by atoms with Crippen molar-refractivity contribution in [2.24, 2.45) is 5.73 Å². The maximum atomic E-state index is 12.0. The van der Waals surface area contributed by atoms with Gasteiger partial charge in [-0.05, 0) is 32.6 Å². The molecule has 1 heterocycles. The van der Waals surface area contributed by atoms with Gasteiger partial charge in [0.15, 0.2) is 0 Å². The predicted octanol–water partition coefficient (Wildman–Crippen LogP) is 0.668. The highest BCUT2D eigenvalue weighted by atomic mass is 16.5. The van der Waals surface area contributed by atoms with Crippen molar-refractivity contribution in [3.63, 3.8) is 0 Å². The quantitative estimate of drug-likeness (QED) is 0.735. The number of hydrogen-bond donors (Lipinski definition) is 1. The van der Waals surface area contributed by atoms with E-state index < -0.39 is 6.04 Å². The van der Waals surface area contributed by atoms with Gasteiger partial charge in [-0.3, -0.25) is 4.79 Å². The molecule has 1 rings (SSSR count). The van der Waals surface area contributed by atoms with E-state index in [2.05, 4.69) is 0 Å². The van der Waals surface area contributed by atoms with Crippen molar-refractivity contribution < 1.29 is 14.3 Å². The van der Waals surface area contributed by atoms with Gasteiger partial charge < -0.3 is 15.4 Å². The molecule has 98 valence electrons. The summed E-state index contributed by atoms with van der Waals surface area (Å²) in [5, 5.41) is 0. The van der Waals surface area contributed by atoms with Crippen LogP contribution in [-0.2, 0) is 14.3 Å². The molecular weight excluding hydrogens is 220 g/mol. The average molecular weight is 242 g/mol. The lowest BCUT2D eigenvalue weighted by Gasteiger charge is -2.34. The number of rotatable bonds is 4. The predicted molar refractivity (Wildman–Crippen MR) is 64.3 cm³/mol. The van der Waals surface area contributed by atoms with E-state index in [0.29, 0.717) is 25.8 Å². The van der Waals surface area contributed by atoms with Crippen LogP contribution in [-0.4, -0.2) is 42.5 Å². The highest BCUT2D eigenvalue weighted by Gasteiger charge is 2.32. The number of nitrogens with zero attached hydrogens (tertiary/aromatic N) is 1. The molecule has 1 aliphatic rings. The number of esters is 1. The summed E-state index contributed by atoms with van der Waals surface area (Å²) in [5.41, 5.74) is 5.63. The van der Waals surface area contributed by atoms with Crippen LogP contribution in [0.15, 0.2) is 0 Å². The number of carbonyl (C=O) groups excluding carboxylic acids is 2. The zero-order valence-corrected chi connectivity index (χ0v) is 10.6. The molecule has 2 unspecified atom stereocenters. The Balaban J connectivity index is 2.58. The highest BCUT2D eigenvalue weighted by Crippen LogP contribution is 2.19. The van der Waals surface area contributed by atoms with Crippen molar-refractivity contribution in [3.8, 4) is 0 Å². The fourth-order valence-corrected chi connectivity index (χ4v) is 2.11. The van der Waals surface area contributed by atoms with E-state index in [1.165, 1.54) is 7.11 Å². The molecular formula is C12H22N2O3. The van der Waals surface area contributed by atoms with E-state index in [0.717, 1.165) is 12.8 Å². The number of amides is 1. The summed E-state index contributed by atoms with van der Waals surface area (Å²) in [4.78, 5) is 25.2. The standard InChI is InChI=1S/C12H22N2O3/c1-9(13)6-7-11(15)14-8-4-3-5-10(14)12(16)17-2/h9-10H,3-8,13H2,1-2H3. The maximum absolute atomic E-state index is 12.0. The molecule has 0 bridgehead atoms. The Labute approximate surface area is 102 Å². The minimum atomic E-state index is -0.394. The Morgan fingerprint density at radius 2 is 2.18 bits per heavy atom. The van der Waals surface area contributed by atoms with Crippen LogP contribution in [0, 0.1) is 0 Å². The lowest BCUT2D eigenvalue weighted by Crippen LogP contribution is -2.48. The third kappa shape index (κ3) is 4.00. The van der Waals surface area contributed by atoms with Crippen LogP contribution in [0.4, 0.5) is 0 Å². The van der Waals surface area contributed by atoms with E-state index >= 15 is 0 Å². The Hall–Kier alpha value is -1.10. The molecule has 5 heteroatoms. The summed E-state index contributed by atoms with van der Waals surface area (Å²) < 4.78 is 4.74. The molecule has 0 aliphatic carbocycles. The SMILES string of the molecule is COC(=O)C1CCCCN1C(=O)CCC(C)N. The van der Waals surface area contributed by atoms with Crippen LogP contribution >= 0.6 is 0 Å². The summed E-state index contributed by atoms with van der Waals surface area (Å²) in [7, 11) is 1.36. The highest BCUT2D eigenvalue weighted by molar-refractivity contribution is 5.84. The van der Waals surface area contributed by atoms with Crippen LogP contribution in [0.1, 0.15) is 39.0 Å². The molecule has 2 atom stereocenters. The molecule has 5 nitrogen and oxygen atoms in total. The van der Waals surface area contributed by atoms with Gasteiger partial charge in [-0.1, -0.05) is 0 Å². The first kappa shape index (κ1) is 14.0. The molecule has 1 aliphatic heterocycles. The first-order chi connectivity index (χ1) is 8.06. The topological polar surface area (TPSA) is 72.6 Å². The van der Waals surface area contributed by atoms with E-state index in [-0.39, 0.29) is 17.9 Å². The largest absolute Gasteiger partial charge is 0.467 e. The van der Waals surface area contributed by atoms with Gasteiger partial charge in [0, 0.05) is 19.0 Å². The minimum Gasteiger partial charge on any atom is -0.467 e. The molecule has 2 N–H and O–H groups in total. The van der Waals surface area contributed by atoms with Crippen molar-refractivity contribution in [2.75, 3.05) is 13.7 Å². The summed E-state index contributed by atoms with van der Waals surface area (Å²) in [6, 6.07) is -0.380. The van der Waals surface area contributed by atoms with Gasteiger partial charge in [0.2, 0.25) is 5.91 Å². The zero-order valence-electron chi connectivity index (χ0n) is 10.6. The number of ether oxygens (including phenoxy) is 1. The first-order valence-corrected chi connectivity index (χ1v) is 6.19. The fourth-order valence-electron chi connectivity index (χ4n) is 2.11. The van der Waals surface area contributed by atoms with E-state index in [9.17, 15) is 9.59 Å². The molecule has 0 aromatic heterocycles. The maximum Gasteiger partial charge on any atom is 0.328 e. The third-order valence-electron chi connectivity index (χ3n) is 3.11. The van der Waals surface area contributed by atoms with E-state index in [1.807, 2.05) is 6.92 Å². The lowest BCUT2D eigenvalue weighted by atomic mass is 10.0. The molecule has 0 aromatic carbocycles. The zero-order chi connectivity index (χ0) is 12.8. The van der Waals surface area contributed by atoms with Crippen LogP contribution in [0.25, 0.3) is 0 Å². The summed E-state index contributed by atoms with van der Waals surface area (Å²) in [6.45, 7) is 2.53. The average Bonchev–Trinajstić information content (AvgIpc) is 2.34. The normalized spacial score (nSPS) is 22.1. The smallest absolute Gasteiger partial charge is 0.328 e. The van der Waals surface area contributed by atoms with Crippen LogP contribution in [0.3, 0.4) is 0 Å². The first-order valence-electron chi connectivity index (χ1n) is 6.19. The Morgan fingerprint density at radius 1 is 1.47 bits per heavy atom. The number of carbonyl (C=O) groups is 2. The van der Waals surface area contributed by atoms with E-state index in [4.69, 9.17) is 10.5 Å². The van der Waals surface area contributed by atoms with Gasteiger partial charge in [0.1, 0.15) is 6.04 Å². The van der Waals surface area contributed by atoms with Crippen LogP contribution in [0.5, 0.6) is 0 Å². The molecule has 0 saturated carbocycles. The number of hydrogen-bond acceptors (Lipinski definition) is 4. The van der Waals surface area contributed by atoms with Gasteiger partial charge >= 0.3 is 5.97 Å². The monoisotopic (exact) mass is 242 g/mol. The molecule has 0 aromatic rings. The molecule has 0 radical (unpaired) electrons. The summed E-state index contributed by atoms with van der Waals surface area (Å²) >= 11 is 0. The van der Waals surface area contributed by atoms with Gasteiger partial charge in [-0.15, -0.1) is 0 Å². The van der Waals surface area contributed by atoms with Crippen molar-refractivity contribution in [2.45, 2.75) is 51.1 Å². The third-order valence-corrected chi connectivity index (χ3v) is 3.11. The van der Waals surface area contributed by atoms with Gasteiger partial charge in [-0.25, -0.2) is 4.79 Å². The van der Waals surface area contributed by atoms with Crippen molar-refractivity contribution in [3.05, 3.63) is 0 Å². The molecule has 0 spiro atoms. The van der Waals surface area contributed by atoms with Crippen LogP contribution < -0.4 is 5.73 Å². The van der Waals surface area contributed by atoms with Gasteiger partial charge in [0.05, 0.1) is 7.11 Å². The van der Waals surface area contributed by atoms with Gasteiger partial charge in [0.25, 0.3) is 0 Å².